The van der Waals surface area contributed by atoms with E-state index in [2.05, 4.69) is 5.10 Å². The van der Waals surface area contributed by atoms with Crippen molar-refractivity contribution < 1.29 is 9.90 Å². The van der Waals surface area contributed by atoms with Crippen LogP contribution in [0.5, 0.6) is 0 Å². The van der Waals surface area contributed by atoms with Crippen LogP contribution in [0.25, 0.3) is 16.9 Å². The second kappa shape index (κ2) is 5.42. The van der Waals surface area contributed by atoms with Crippen LogP contribution in [0, 0.1) is 0 Å². The zero-order valence-electron chi connectivity index (χ0n) is 10.9. The fourth-order valence-corrected chi connectivity index (χ4v) is 2.37. The van der Waals surface area contributed by atoms with Gasteiger partial charge in [-0.05, 0) is 30.3 Å². The summed E-state index contributed by atoms with van der Waals surface area (Å²) in [4.78, 5) is 11.4. The molecule has 1 N–H and O–H groups in total. The molecule has 2 aromatic carbocycles. The van der Waals surface area contributed by atoms with Gasteiger partial charge in [0.15, 0.2) is 0 Å². The summed E-state index contributed by atoms with van der Waals surface area (Å²) < 4.78 is 1.70. The minimum atomic E-state index is -1.02. The fraction of sp³-hybridized carbons (Fsp3) is 0. The zero-order valence-corrected chi connectivity index (χ0v) is 11.7. The van der Waals surface area contributed by atoms with Crippen LogP contribution in [0.3, 0.4) is 0 Å². The van der Waals surface area contributed by atoms with E-state index in [4.69, 9.17) is 11.6 Å². The number of aromatic carboxylic acids is 1. The van der Waals surface area contributed by atoms with Crippen LogP contribution in [-0.4, -0.2) is 20.9 Å². The molecule has 0 aliphatic heterocycles. The third kappa shape index (κ3) is 2.53. The average molecular weight is 299 g/mol. The molecule has 1 aromatic heterocycles. The first-order chi connectivity index (χ1) is 10.2. The molecule has 0 atom stereocenters. The van der Waals surface area contributed by atoms with E-state index in [9.17, 15) is 9.90 Å². The minimum Gasteiger partial charge on any atom is -0.478 e. The van der Waals surface area contributed by atoms with E-state index >= 15 is 0 Å². The lowest BCUT2D eigenvalue weighted by molar-refractivity contribution is 0.0697. The van der Waals surface area contributed by atoms with Gasteiger partial charge in [-0.15, -0.1) is 0 Å². The van der Waals surface area contributed by atoms with Crippen LogP contribution >= 0.6 is 11.6 Å². The molecule has 0 unspecified atom stereocenters. The summed E-state index contributed by atoms with van der Waals surface area (Å²) in [7, 11) is 0. The molecule has 3 aromatic rings. The van der Waals surface area contributed by atoms with Crippen molar-refractivity contribution in [3.05, 3.63) is 71.4 Å². The Morgan fingerprint density at radius 1 is 1.10 bits per heavy atom. The topological polar surface area (TPSA) is 55.1 Å². The fourth-order valence-electron chi connectivity index (χ4n) is 2.20. The summed E-state index contributed by atoms with van der Waals surface area (Å²) in [5.41, 5.74) is 2.30. The lowest BCUT2D eigenvalue weighted by Crippen LogP contribution is -2.04. The highest BCUT2D eigenvalue weighted by atomic mass is 35.5. The second-order valence-electron chi connectivity index (χ2n) is 4.46. The molecule has 0 aliphatic carbocycles. The largest absolute Gasteiger partial charge is 0.478 e. The van der Waals surface area contributed by atoms with Gasteiger partial charge in [-0.25, -0.2) is 9.48 Å². The smallest absolute Gasteiger partial charge is 0.336 e. The second-order valence-corrected chi connectivity index (χ2v) is 4.90. The quantitative estimate of drug-likeness (QED) is 0.798. The van der Waals surface area contributed by atoms with E-state index in [1.54, 1.807) is 29.1 Å². The highest BCUT2D eigenvalue weighted by Gasteiger charge is 2.16. The molecule has 5 heteroatoms. The van der Waals surface area contributed by atoms with Crippen LogP contribution in [0.1, 0.15) is 10.4 Å². The monoisotopic (exact) mass is 298 g/mol. The Morgan fingerprint density at radius 2 is 1.86 bits per heavy atom. The van der Waals surface area contributed by atoms with Crippen LogP contribution < -0.4 is 0 Å². The van der Waals surface area contributed by atoms with E-state index in [1.165, 1.54) is 6.07 Å². The molecule has 1 heterocycles. The molecule has 104 valence electrons. The molecule has 0 bridgehead atoms. The predicted octanol–water partition coefficient (Wildman–Crippen LogP) is 3.89. The van der Waals surface area contributed by atoms with Crippen molar-refractivity contribution in [3.8, 4) is 16.9 Å². The lowest BCUT2D eigenvalue weighted by atomic mass is 10.0. The highest BCUT2D eigenvalue weighted by Crippen LogP contribution is 2.28. The number of para-hydroxylation sites is 1. The molecular formula is C16H11ClN2O2. The maximum atomic E-state index is 11.4. The molecule has 0 saturated heterocycles. The van der Waals surface area contributed by atoms with Crippen LogP contribution in [-0.2, 0) is 0 Å². The molecule has 0 fully saturated rings. The summed E-state index contributed by atoms with van der Waals surface area (Å²) in [5, 5.41) is 14.0. The standard InChI is InChI=1S/C16H11ClN2O2/c17-11-6-7-13(14(10-11)16(20)21)15-8-9-18-19(15)12-4-2-1-3-5-12/h1-10H,(H,20,21). The minimum absolute atomic E-state index is 0.153. The van der Waals surface area contributed by atoms with E-state index in [-0.39, 0.29) is 5.56 Å². The van der Waals surface area contributed by atoms with Crippen molar-refractivity contribution in [3.63, 3.8) is 0 Å². The molecular weight excluding hydrogens is 288 g/mol. The van der Waals surface area contributed by atoms with Crippen molar-refractivity contribution >= 4 is 17.6 Å². The number of carbonyl (C=O) groups is 1. The summed E-state index contributed by atoms with van der Waals surface area (Å²) in [5.74, 6) is -1.02. The molecule has 21 heavy (non-hydrogen) atoms. The number of halogens is 1. The Labute approximate surface area is 126 Å². The van der Waals surface area contributed by atoms with Gasteiger partial charge >= 0.3 is 5.97 Å². The van der Waals surface area contributed by atoms with Crippen molar-refractivity contribution in [2.24, 2.45) is 0 Å². The number of benzene rings is 2. The van der Waals surface area contributed by atoms with Crippen molar-refractivity contribution in [2.45, 2.75) is 0 Å². The Hall–Kier alpha value is -2.59. The number of nitrogens with zero attached hydrogens (tertiary/aromatic N) is 2. The van der Waals surface area contributed by atoms with Gasteiger partial charge in [0.1, 0.15) is 0 Å². The first-order valence-corrected chi connectivity index (χ1v) is 6.67. The van der Waals surface area contributed by atoms with Gasteiger partial charge in [0.05, 0.1) is 23.1 Å². The van der Waals surface area contributed by atoms with Crippen molar-refractivity contribution in [1.82, 2.24) is 9.78 Å². The number of rotatable bonds is 3. The first-order valence-electron chi connectivity index (χ1n) is 6.29. The van der Waals surface area contributed by atoms with Gasteiger partial charge in [-0.2, -0.15) is 5.10 Å². The molecule has 0 spiro atoms. The third-order valence-electron chi connectivity index (χ3n) is 3.13. The Kier molecular flexibility index (Phi) is 3.46. The summed E-state index contributed by atoms with van der Waals surface area (Å²) in [6.07, 6.45) is 1.64. The van der Waals surface area contributed by atoms with Crippen molar-refractivity contribution in [2.75, 3.05) is 0 Å². The summed E-state index contributed by atoms with van der Waals surface area (Å²) in [6.45, 7) is 0. The number of carboxylic acid groups (broad SMARTS) is 1. The maximum absolute atomic E-state index is 11.4. The van der Waals surface area contributed by atoms with Gasteiger partial charge in [0.2, 0.25) is 0 Å². The molecule has 0 radical (unpaired) electrons. The van der Waals surface area contributed by atoms with Gasteiger partial charge in [-0.1, -0.05) is 35.9 Å². The number of carboxylic acids is 1. The number of aromatic nitrogens is 2. The SMILES string of the molecule is O=C(O)c1cc(Cl)ccc1-c1ccnn1-c1ccccc1. The normalized spacial score (nSPS) is 10.5. The molecule has 0 saturated carbocycles. The zero-order chi connectivity index (χ0) is 14.8. The Balaban J connectivity index is 2.20. The Morgan fingerprint density at radius 3 is 2.57 bits per heavy atom. The van der Waals surface area contributed by atoms with Gasteiger partial charge in [0, 0.05) is 10.6 Å². The van der Waals surface area contributed by atoms with Crippen LogP contribution in [0.2, 0.25) is 5.02 Å². The third-order valence-corrected chi connectivity index (χ3v) is 3.37. The van der Waals surface area contributed by atoms with E-state index < -0.39 is 5.97 Å². The first kappa shape index (κ1) is 13.4. The van der Waals surface area contributed by atoms with Crippen LogP contribution in [0.4, 0.5) is 0 Å². The van der Waals surface area contributed by atoms with E-state index in [0.29, 0.717) is 16.3 Å². The van der Waals surface area contributed by atoms with Gasteiger partial charge < -0.3 is 5.11 Å². The lowest BCUT2D eigenvalue weighted by Gasteiger charge is -2.10. The summed E-state index contributed by atoms with van der Waals surface area (Å²) >= 11 is 5.89. The van der Waals surface area contributed by atoms with E-state index in [0.717, 1.165) is 5.69 Å². The van der Waals surface area contributed by atoms with Crippen molar-refractivity contribution in [1.29, 1.82) is 0 Å². The van der Waals surface area contributed by atoms with E-state index in [1.807, 2.05) is 30.3 Å². The molecule has 0 aliphatic rings. The predicted molar refractivity (Wildman–Crippen MR) is 81.0 cm³/mol. The maximum Gasteiger partial charge on any atom is 0.336 e. The average Bonchev–Trinajstić information content (AvgIpc) is 2.97. The van der Waals surface area contributed by atoms with Gasteiger partial charge in [-0.3, -0.25) is 0 Å². The summed E-state index contributed by atoms with van der Waals surface area (Å²) in [6, 6.07) is 16.1. The molecule has 4 nitrogen and oxygen atoms in total. The number of hydrogen-bond donors (Lipinski definition) is 1. The van der Waals surface area contributed by atoms with Crippen LogP contribution in [0.15, 0.2) is 60.8 Å². The highest BCUT2D eigenvalue weighted by molar-refractivity contribution is 6.31. The Bertz CT molecular complexity index is 797. The molecule has 0 amide bonds. The van der Waals surface area contributed by atoms with Gasteiger partial charge in [0.25, 0.3) is 0 Å². The molecule has 3 rings (SSSR count). The number of hydrogen-bond acceptors (Lipinski definition) is 2.